The lowest BCUT2D eigenvalue weighted by Crippen LogP contribution is -2.15. The summed E-state index contributed by atoms with van der Waals surface area (Å²) in [5.41, 5.74) is 1.68. The van der Waals surface area contributed by atoms with Gasteiger partial charge in [0.25, 0.3) is 0 Å². The van der Waals surface area contributed by atoms with E-state index in [1.807, 2.05) is 12.1 Å². The van der Waals surface area contributed by atoms with Gasteiger partial charge in [-0.05, 0) is 30.5 Å². The van der Waals surface area contributed by atoms with Crippen molar-refractivity contribution in [1.82, 2.24) is 5.32 Å². The molecule has 0 heterocycles. The van der Waals surface area contributed by atoms with Crippen LogP contribution in [0.15, 0.2) is 30.3 Å². The molecule has 0 unspecified atom stereocenters. The summed E-state index contributed by atoms with van der Waals surface area (Å²) in [5.74, 6) is -0.295. The van der Waals surface area contributed by atoms with Gasteiger partial charge in [-0.2, -0.15) is 0 Å². The van der Waals surface area contributed by atoms with Crippen LogP contribution in [0.4, 0.5) is 0 Å². The predicted molar refractivity (Wildman–Crippen MR) is 67.8 cm³/mol. The Labute approximate surface area is 101 Å². The molecule has 3 nitrogen and oxygen atoms in total. The van der Waals surface area contributed by atoms with Crippen molar-refractivity contribution >= 4 is 12.0 Å². The van der Waals surface area contributed by atoms with E-state index < -0.39 is 0 Å². The van der Waals surface area contributed by atoms with Gasteiger partial charge in [0.05, 0.1) is 12.7 Å². The molecule has 0 saturated heterocycles. The zero-order valence-electron chi connectivity index (χ0n) is 9.98. The maximum Gasteiger partial charge on any atom is 0.337 e. The molecule has 90 valence electrons. The molecule has 1 aromatic rings. The highest BCUT2D eigenvalue weighted by molar-refractivity contribution is 5.89. The quantitative estimate of drug-likeness (QED) is 0.790. The van der Waals surface area contributed by atoms with Crippen LogP contribution in [0.25, 0.3) is 6.08 Å². The number of hydrogen-bond acceptors (Lipinski definition) is 3. The van der Waals surface area contributed by atoms with Gasteiger partial charge < -0.3 is 10.1 Å². The molecule has 0 aliphatic heterocycles. The van der Waals surface area contributed by atoms with Crippen LogP contribution in [0.3, 0.4) is 0 Å². The third kappa shape index (κ3) is 3.71. The van der Waals surface area contributed by atoms with Crippen LogP contribution in [0.5, 0.6) is 0 Å². The van der Waals surface area contributed by atoms with E-state index in [0.717, 1.165) is 18.2 Å². The second-order valence-corrected chi connectivity index (χ2v) is 4.20. The maximum absolute atomic E-state index is 11.2. The molecule has 1 saturated carbocycles. The Morgan fingerprint density at radius 2 is 2.12 bits per heavy atom. The van der Waals surface area contributed by atoms with Gasteiger partial charge in [-0.3, -0.25) is 0 Å². The van der Waals surface area contributed by atoms with Crippen molar-refractivity contribution < 1.29 is 9.53 Å². The molecule has 1 aliphatic carbocycles. The number of nitrogens with one attached hydrogen (secondary N) is 1. The molecule has 1 fully saturated rings. The molecule has 2 rings (SSSR count). The molecule has 0 atom stereocenters. The smallest absolute Gasteiger partial charge is 0.337 e. The second-order valence-electron chi connectivity index (χ2n) is 4.20. The monoisotopic (exact) mass is 231 g/mol. The number of carbonyl (C=O) groups is 1. The largest absolute Gasteiger partial charge is 0.465 e. The number of carbonyl (C=O) groups excluding carboxylic acids is 1. The van der Waals surface area contributed by atoms with Gasteiger partial charge in [0.1, 0.15) is 0 Å². The van der Waals surface area contributed by atoms with E-state index in [9.17, 15) is 4.79 Å². The first kappa shape index (κ1) is 11.9. The molecule has 0 radical (unpaired) electrons. The zero-order chi connectivity index (χ0) is 12.1. The number of rotatable bonds is 5. The summed E-state index contributed by atoms with van der Waals surface area (Å²) >= 11 is 0. The number of ether oxygens (including phenoxy) is 1. The lowest BCUT2D eigenvalue weighted by Gasteiger charge is -1.99. The van der Waals surface area contributed by atoms with E-state index in [0.29, 0.717) is 5.56 Å². The Morgan fingerprint density at radius 3 is 2.71 bits per heavy atom. The minimum absolute atomic E-state index is 0.295. The van der Waals surface area contributed by atoms with Crippen molar-refractivity contribution in [3.63, 3.8) is 0 Å². The van der Waals surface area contributed by atoms with Crippen molar-refractivity contribution in [2.75, 3.05) is 13.7 Å². The highest BCUT2D eigenvalue weighted by Gasteiger charge is 2.18. The van der Waals surface area contributed by atoms with Gasteiger partial charge in [0, 0.05) is 12.6 Å². The van der Waals surface area contributed by atoms with Gasteiger partial charge in [-0.1, -0.05) is 24.3 Å². The topological polar surface area (TPSA) is 38.3 Å². The van der Waals surface area contributed by atoms with Crippen LogP contribution in [0, 0.1) is 0 Å². The first-order chi connectivity index (χ1) is 8.29. The Bertz CT molecular complexity index is 405. The summed E-state index contributed by atoms with van der Waals surface area (Å²) in [5, 5.41) is 3.40. The maximum atomic E-state index is 11.2. The molecule has 0 amide bonds. The molecular weight excluding hydrogens is 214 g/mol. The molecule has 1 N–H and O–H groups in total. The lowest BCUT2D eigenvalue weighted by atomic mass is 10.1. The normalized spacial score (nSPS) is 15.1. The van der Waals surface area contributed by atoms with Gasteiger partial charge in [-0.15, -0.1) is 0 Å². The molecule has 3 heteroatoms. The lowest BCUT2D eigenvalue weighted by molar-refractivity contribution is 0.0601. The van der Waals surface area contributed by atoms with Crippen LogP contribution >= 0.6 is 0 Å². The Hall–Kier alpha value is -1.61. The molecule has 17 heavy (non-hydrogen) atoms. The number of methoxy groups -OCH3 is 1. The van der Waals surface area contributed by atoms with Crippen LogP contribution in [0.1, 0.15) is 28.8 Å². The fourth-order valence-corrected chi connectivity index (χ4v) is 1.57. The number of benzene rings is 1. The van der Waals surface area contributed by atoms with Gasteiger partial charge in [0.2, 0.25) is 0 Å². The van der Waals surface area contributed by atoms with E-state index in [1.54, 1.807) is 12.1 Å². The minimum atomic E-state index is -0.295. The molecule has 0 aromatic heterocycles. The molecule has 0 spiro atoms. The van der Waals surface area contributed by atoms with Gasteiger partial charge in [-0.25, -0.2) is 4.79 Å². The van der Waals surface area contributed by atoms with Gasteiger partial charge in [0.15, 0.2) is 0 Å². The third-order valence-corrected chi connectivity index (χ3v) is 2.74. The fourth-order valence-electron chi connectivity index (χ4n) is 1.57. The molecule has 1 aliphatic rings. The zero-order valence-corrected chi connectivity index (χ0v) is 9.98. The van der Waals surface area contributed by atoms with E-state index in [2.05, 4.69) is 22.2 Å². The average molecular weight is 231 g/mol. The summed E-state index contributed by atoms with van der Waals surface area (Å²) < 4.78 is 4.64. The van der Waals surface area contributed by atoms with E-state index >= 15 is 0 Å². The highest BCUT2D eigenvalue weighted by Crippen LogP contribution is 2.18. The summed E-state index contributed by atoms with van der Waals surface area (Å²) in [7, 11) is 1.39. The van der Waals surface area contributed by atoms with Crippen molar-refractivity contribution in [1.29, 1.82) is 0 Å². The van der Waals surface area contributed by atoms with Crippen LogP contribution in [-0.2, 0) is 4.74 Å². The van der Waals surface area contributed by atoms with Crippen molar-refractivity contribution in [3.8, 4) is 0 Å². The average Bonchev–Trinajstić information content (AvgIpc) is 3.18. The van der Waals surface area contributed by atoms with Crippen LogP contribution < -0.4 is 5.32 Å². The second kappa shape index (κ2) is 5.64. The van der Waals surface area contributed by atoms with E-state index in [-0.39, 0.29) is 5.97 Å². The Balaban J connectivity index is 1.85. The molecule has 0 bridgehead atoms. The number of esters is 1. The van der Waals surface area contributed by atoms with Crippen molar-refractivity contribution in [3.05, 3.63) is 41.5 Å². The fraction of sp³-hybridized carbons (Fsp3) is 0.357. The first-order valence-corrected chi connectivity index (χ1v) is 5.88. The van der Waals surface area contributed by atoms with E-state index in [4.69, 9.17) is 0 Å². The Morgan fingerprint density at radius 1 is 1.41 bits per heavy atom. The summed E-state index contributed by atoms with van der Waals surface area (Å²) in [6.07, 6.45) is 6.77. The standard InChI is InChI=1S/C14H17NO2/c1-17-14(16)12-6-4-11(5-7-12)3-2-10-15-13-8-9-13/h2-7,13,15H,8-10H2,1H3. The van der Waals surface area contributed by atoms with Crippen molar-refractivity contribution in [2.24, 2.45) is 0 Å². The van der Waals surface area contributed by atoms with Crippen molar-refractivity contribution in [2.45, 2.75) is 18.9 Å². The van der Waals surface area contributed by atoms with Crippen LogP contribution in [-0.4, -0.2) is 25.7 Å². The Kier molecular flexibility index (Phi) is 3.94. The summed E-state index contributed by atoms with van der Waals surface area (Å²) in [4.78, 5) is 11.2. The minimum Gasteiger partial charge on any atom is -0.465 e. The summed E-state index contributed by atoms with van der Waals surface area (Å²) in [6, 6.07) is 8.13. The highest BCUT2D eigenvalue weighted by atomic mass is 16.5. The predicted octanol–water partition coefficient (Wildman–Crippen LogP) is 2.24. The van der Waals surface area contributed by atoms with Crippen LogP contribution in [0.2, 0.25) is 0 Å². The molecule has 1 aromatic carbocycles. The number of hydrogen-bond donors (Lipinski definition) is 1. The van der Waals surface area contributed by atoms with E-state index in [1.165, 1.54) is 20.0 Å². The van der Waals surface area contributed by atoms with Gasteiger partial charge >= 0.3 is 5.97 Å². The third-order valence-electron chi connectivity index (χ3n) is 2.74. The molecular formula is C14H17NO2. The first-order valence-electron chi connectivity index (χ1n) is 5.88. The summed E-state index contributed by atoms with van der Waals surface area (Å²) in [6.45, 7) is 0.906. The SMILES string of the molecule is COC(=O)c1ccc(C=CCNC2CC2)cc1.